The number of ether oxygens (including phenoxy) is 4. The van der Waals surface area contributed by atoms with E-state index in [0.29, 0.717) is 40.0 Å². The second-order valence-corrected chi connectivity index (χ2v) is 64.2. The number of allylic oxidation sites excluding steroid dienone is 2. The van der Waals surface area contributed by atoms with Gasteiger partial charge in [0.25, 0.3) is 0 Å². The minimum absolute atomic E-state index is 0.0678. The summed E-state index contributed by atoms with van der Waals surface area (Å²) in [6, 6.07) is 32.2. The molecule has 2 aliphatic heterocycles. The Bertz CT molecular complexity index is 2180. The Labute approximate surface area is 381 Å². The number of rotatable bonds is 11. The fraction of sp³-hybridized carbons (Fsp3) is 0.481. The first-order valence-electron chi connectivity index (χ1n) is 23.1. The third-order valence-corrected chi connectivity index (χ3v) is 67.1. The van der Waals surface area contributed by atoms with Gasteiger partial charge in [-0.2, -0.15) is 0 Å². The Hall–Kier alpha value is -2.12. The van der Waals surface area contributed by atoms with Crippen molar-refractivity contribution in [1.82, 2.24) is 0 Å². The molecule has 8 heteroatoms. The van der Waals surface area contributed by atoms with Crippen molar-refractivity contribution in [2.75, 3.05) is 40.0 Å². The van der Waals surface area contributed by atoms with Gasteiger partial charge in [-0.05, 0) is 0 Å². The number of fused-ring (bicyclic) bond motifs is 2. The average molecular weight is 972 g/mol. The molecule has 4 aromatic carbocycles. The van der Waals surface area contributed by atoms with Gasteiger partial charge in [0.15, 0.2) is 0 Å². The molecule has 62 heavy (non-hydrogen) atoms. The first-order valence-corrected chi connectivity index (χ1v) is 39.4. The van der Waals surface area contributed by atoms with E-state index in [1.54, 1.807) is 0 Å². The van der Waals surface area contributed by atoms with Crippen molar-refractivity contribution in [2.45, 2.75) is 112 Å². The van der Waals surface area contributed by atoms with Crippen molar-refractivity contribution in [1.29, 1.82) is 0 Å². The molecule has 2 atom stereocenters. The first-order chi connectivity index (χ1) is 29.3. The summed E-state index contributed by atoms with van der Waals surface area (Å²) in [6.45, 7) is 26.5. The van der Waals surface area contributed by atoms with E-state index in [-0.39, 0.29) is 28.9 Å². The standard InChI is InChI=1S/2C26H31O2.C2H7Si.2ClH.Zr/c2*1-5-26(16-27-18-28-17-26)15-19-13-21-7-6-8-23(24(21)14-19)20-9-11-22(12-10-20)25(2,3)4;1-3-2;;;/h2*6-14H,5,15-18H2,1-4H3;3H,1-2H3;2*1H;/q;;;;;+2/p-2. The average Bonchev–Trinajstić information content (AvgIpc) is 3.82. The van der Waals surface area contributed by atoms with Crippen molar-refractivity contribution >= 4 is 35.1 Å². The van der Waals surface area contributed by atoms with Gasteiger partial charge in [0.05, 0.1) is 0 Å². The van der Waals surface area contributed by atoms with E-state index in [2.05, 4.69) is 166 Å². The molecule has 4 aromatic rings. The normalized spacial score (nSPS) is 21.8. The van der Waals surface area contributed by atoms with Crippen LogP contribution in [0.5, 0.6) is 0 Å². The topological polar surface area (TPSA) is 36.9 Å². The summed E-state index contributed by atoms with van der Waals surface area (Å²) in [6.07, 6.45) is 8.56. The number of halogens is 2. The van der Waals surface area contributed by atoms with Crippen LogP contribution in [0, 0.1) is 10.8 Å². The van der Waals surface area contributed by atoms with Crippen LogP contribution in [0.2, 0.25) is 13.1 Å². The Morgan fingerprint density at radius 3 is 1.23 bits per heavy atom. The molecule has 0 bridgehead atoms. The van der Waals surface area contributed by atoms with Gasteiger partial charge in [-0.25, -0.2) is 0 Å². The predicted molar refractivity (Wildman–Crippen MR) is 261 cm³/mol. The second-order valence-electron chi connectivity index (χ2n) is 21.6. The van der Waals surface area contributed by atoms with Crippen LogP contribution >= 0.6 is 17.0 Å². The second kappa shape index (κ2) is 17.3. The molecule has 2 unspecified atom stereocenters. The zero-order valence-electron chi connectivity index (χ0n) is 38.9. The molecule has 2 aliphatic carbocycles. The summed E-state index contributed by atoms with van der Waals surface area (Å²) in [5, 5.41) is 0. The van der Waals surface area contributed by atoms with E-state index in [1.807, 2.05) is 0 Å². The third-order valence-electron chi connectivity index (χ3n) is 15.3. The van der Waals surface area contributed by atoms with Crippen LogP contribution in [-0.2, 0) is 45.3 Å². The van der Waals surface area contributed by atoms with Gasteiger partial charge in [-0.1, -0.05) is 0 Å². The predicted octanol–water partition coefficient (Wildman–Crippen LogP) is 14.8. The third kappa shape index (κ3) is 8.34. The van der Waals surface area contributed by atoms with Gasteiger partial charge in [0.2, 0.25) is 0 Å². The fourth-order valence-corrected chi connectivity index (χ4v) is 42.4. The van der Waals surface area contributed by atoms with Crippen LogP contribution in [0.3, 0.4) is 0 Å². The van der Waals surface area contributed by atoms with Gasteiger partial charge in [-0.15, -0.1) is 0 Å². The van der Waals surface area contributed by atoms with Crippen LogP contribution in [0.25, 0.3) is 34.4 Å². The van der Waals surface area contributed by atoms with E-state index in [0.717, 1.165) is 25.7 Å². The SMILES string of the molecule is CCC1(CC2=Cc3c(-c4ccc(C(C)(C)C)cc4)cccc3[CH]2[Zr]([Cl])([Cl])([CH]2C(CC3(CC)COCOC3)=Cc3c(-c4ccc(C(C)(C)C)cc4)cccc32)[SiH](C)C)COCOC1. The summed E-state index contributed by atoms with van der Waals surface area (Å²) < 4.78 is 24.3. The fourth-order valence-electron chi connectivity index (χ4n) is 11.1. The molecule has 0 saturated carbocycles. The van der Waals surface area contributed by atoms with Gasteiger partial charge >= 0.3 is 384 Å². The van der Waals surface area contributed by atoms with E-state index in [4.69, 9.17) is 36.0 Å². The van der Waals surface area contributed by atoms with Crippen LogP contribution in [-0.4, -0.2) is 45.9 Å². The Morgan fingerprint density at radius 1 is 0.565 bits per heavy atom. The van der Waals surface area contributed by atoms with E-state index >= 15 is 0 Å². The summed E-state index contributed by atoms with van der Waals surface area (Å²) in [7, 11) is 18.3. The molecular formula is C54H69Cl2O4SiZr. The number of benzene rings is 4. The molecular weight excluding hydrogens is 903 g/mol. The summed E-state index contributed by atoms with van der Waals surface area (Å²) in [5.41, 5.74) is 15.2. The number of hydrogen-bond donors (Lipinski definition) is 0. The zero-order chi connectivity index (χ0) is 44.3. The van der Waals surface area contributed by atoms with Crippen LogP contribution < -0.4 is 0 Å². The molecule has 4 aliphatic rings. The Balaban J connectivity index is 1.35. The maximum atomic E-state index is 9.17. The van der Waals surface area contributed by atoms with Gasteiger partial charge < -0.3 is 0 Å². The van der Waals surface area contributed by atoms with Crippen LogP contribution in [0.15, 0.2) is 96.1 Å². The molecule has 0 spiro atoms. The summed E-state index contributed by atoms with van der Waals surface area (Å²) >= 11 is -5.29. The molecule has 2 heterocycles. The van der Waals surface area contributed by atoms with E-state index in [9.17, 15) is 0 Å². The van der Waals surface area contributed by atoms with Gasteiger partial charge in [0, 0.05) is 0 Å². The van der Waals surface area contributed by atoms with Crippen molar-refractivity contribution in [3.8, 4) is 22.3 Å². The summed E-state index contributed by atoms with van der Waals surface area (Å²) in [5.74, 6) is -1.89. The quantitative estimate of drug-likeness (QED) is 0.140. The monoisotopic (exact) mass is 969 g/mol. The maximum absolute atomic E-state index is 9.17. The van der Waals surface area contributed by atoms with Gasteiger partial charge in [-0.3, -0.25) is 0 Å². The molecule has 331 valence electrons. The van der Waals surface area contributed by atoms with Crippen LogP contribution in [0.1, 0.15) is 122 Å². The van der Waals surface area contributed by atoms with E-state index < -0.39 is 21.5 Å². The van der Waals surface area contributed by atoms with E-state index in [1.165, 1.54) is 66.8 Å². The zero-order valence-corrected chi connectivity index (χ0v) is 44.1. The molecule has 0 amide bonds. The Kier molecular flexibility index (Phi) is 12.9. The molecule has 8 rings (SSSR count). The molecule has 2 fully saturated rings. The van der Waals surface area contributed by atoms with Crippen molar-refractivity contribution in [3.63, 3.8) is 0 Å². The van der Waals surface area contributed by atoms with Crippen molar-refractivity contribution in [3.05, 3.63) is 129 Å². The van der Waals surface area contributed by atoms with Gasteiger partial charge in [0.1, 0.15) is 0 Å². The number of hydrogen-bond acceptors (Lipinski definition) is 4. The van der Waals surface area contributed by atoms with Crippen LogP contribution in [0.4, 0.5) is 0 Å². The van der Waals surface area contributed by atoms with Crippen molar-refractivity contribution < 1.29 is 34.5 Å². The molecule has 4 nitrogen and oxygen atoms in total. The molecule has 0 radical (unpaired) electrons. The first kappa shape index (κ1) is 46.4. The Morgan fingerprint density at radius 2 is 0.919 bits per heavy atom. The molecule has 0 N–H and O–H groups in total. The summed E-state index contributed by atoms with van der Waals surface area (Å²) in [4.78, 5) is 0. The van der Waals surface area contributed by atoms with Crippen molar-refractivity contribution in [2.24, 2.45) is 10.8 Å². The molecule has 2 saturated heterocycles. The molecule has 0 aromatic heterocycles. The minimum atomic E-state index is -5.29.